The summed E-state index contributed by atoms with van der Waals surface area (Å²) in [6.07, 6.45) is 8.38. The van der Waals surface area contributed by atoms with Crippen LogP contribution in [-0.2, 0) is 0 Å². The van der Waals surface area contributed by atoms with Crippen LogP contribution in [0.15, 0.2) is 42.6 Å². The van der Waals surface area contributed by atoms with Crippen LogP contribution in [0, 0.1) is 5.92 Å². The number of anilines is 3. The van der Waals surface area contributed by atoms with Crippen molar-refractivity contribution in [1.82, 2.24) is 25.5 Å². The highest BCUT2D eigenvalue weighted by atomic mass is 15.2. The summed E-state index contributed by atoms with van der Waals surface area (Å²) in [5.74, 6) is 1.57. The van der Waals surface area contributed by atoms with E-state index in [1.165, 1.54) is 37.8 Å². The van der Waals surface area contributed by atoms with Crippen molar-refractivity contribution >= 4 is 39.3 Å². The molecule has 0 spiro atoms. The largest absolute Gasteiger partial charge is 0.368 e. The number of imidazole rings is 1. The molecule has 0 aliphatic carbocycles. The molecular formula is C24H29N7. The van der Waals surface area contributed by atoms with Gasteiger partial charge in [-0.1, -0.05) is 0 Å². The summed E-state index contributed by atoms with van der Waals surface area (Å²) in [4.78, 5) is 10.9. The SMILES string of the molecule is c1cc2[nH]ncc2cc1Nc1nc2ccc(N3CCCCC3C3CCNCC3)cc2[nH]1. The molecule has 1 atom stereocenters. The highest BCUT2D eigenvalue weighted by Crippen LogP contribution is 2.34. The summed E-state index contributed by atoms with van der Waals surface area (Å²) in [5, 5.41) is 15.1. The van der Waals surface area contributed by atoms with Gasteiger partial charge in [0.2, 0.25) is 5.95 Å². The van der Waals surface area contributed by atoms with Gasteiger partial charge in [-0.3, -0.25) is 5.10 Å². The standard InChI is InChI=1S/C24H29N7/c1-2-12-31(23(3-1)16-8-10-25-11-9-16)19-5-7-21-22(14-19)29-24(28-21)27-18-4-6-20-17(13-18)15-26-30-20/h4-7,13-16,23,25H,1-3,8-12H2,(H,26,30)(H2,27,28,29). The summed E-state index contributed by atoms with van der Waals surface area (Å²) in [6.45, 7) is 3.48. The van der Waals surface area contributed by atoms with Gasteiger partial charge in [0.15, 0.2) is 0 Å². The number of fused-ring (bicyclic) bond motifs is 2. The van der Waals surface area contributed by atoms with E-state index in [2.05, 4.69) is 55.0 Å². The van der Waals surface area contributed by atoms with Gasteiger partial charge in [-0.2, -0.15) is 5.10 Å². The van der Waals surface area contributed by atoms with Crippen molar-refractivity contribution in [3.63, 3.8) is 0 Å². The van der Waals surface area contributed by atoms with Crippen LogP contribution in [-0.4, -0.2) is 45.8 Å². The quantitative estimate of drug-likeness (QED) is 0.393. The van der Waals surface area contributed by atoms with Gasteiger partial charge >= 0.3 is 0 Å². The Morgan fingerprint density at radius 2 is 1.90 bits per heavy atom. The van der Waals surface area contributed by atoms with Crippen molar-refractivity contribution in [3.8, 4) is 0 Å². The first-order valence-corrected chi connectivity index (χ1v) is 11.5. The van der Waals surface area contributed by atoms with Gasteiger partial charge in [0.25, 0.3) is 0 Å². The Morgan fingerprint density at radius 3 is 2.84 bits per heavy atom. The van der Waals surface area contributed by atoms with Crippen LogP contribution < -0.4 is 15.5 Å². The number of H-pyrrole nitrogens is 2. The van der Waals surface area contributed by atoms with Gasteiger partial charge in [0.1, 0.15) is 0 Å². The predicted molar refractivity (Wildman–Crippen MR) is 126 cm³/mol. The minimum absolute atomic E-state index is 0.663. The molecule has 2 fully saturated rings. The van der Waals surface area contributed by atoms with Crippen LogP contribution in [0.4, 0.5) is 17.3 Å². The summed E-state index contributed by atoms with van der Waals surface area (Å²) in [6, 6.07) is 13.5. The fourth-order valence-electron chi connectivity index (χ4n) is 5.39. The zero-order valence-electron chi connectivity index (χ0n) is 17.7. The molecule has 7 nitrogen and oxygen atoms in total. The van der Waals surface area contributed by atoms with E-state index in [1.54, 1.807) is 0 Å². The fraction of sp³-hybridized carbons (Fsp3) is 0.417. The number of nitrogens with zero attached hydrogens (tertiary/aromatic N) is 3. The third kappa shape index (κ3) is 3.63. The topological polar surface area (TPSA) is 84.7 Å². The number of piperidine rings is 2. The maximum atomic E-state index is 4.75. The van der Waals surface area contributed by atoms with E-state index in [0.29, 0.717) is 6.04 Å². The maximum absolute atomic E-state index is 4.75. The molecule has 7 heteroatoms. The lowest BCUT2D eigenvalue weighted by Gasteiger charge is -2.43. The molecule has 2 aliphatic heterocycles. The van der Waals surface area contributed by atoms with Gasteiger partial charge in [0.05, 0.1) is 22.7 Å². The van der Waals surface area contributed by atoms with Crippen LogP contribution >= 0.6 is 0 Å². The number of hydrogen-bond donors (Lipinski definition) is 4. The Bertz CT molecular complexity index is 1190. The molecular weight excluding hydrogens is 386 g/mol. The molecule has 1 unspecified atom stereocenters. The zero-order chi connectivity index (χ0) is 20.6. The van der Waals surface area contributed by atoms with E-state index in [0.717, 1.165) is 59.1 Å². The van der Waals surface area contributed by atoms with Gasteiger partial charge in [-0.15, -0.1) is 0 Å². The van der Waals surface area contributed by atoms with Crippen LogP contribution in [0.25, 0.3) is 21.9 Å². The molecule has 2 aliphatic rings. The van der Waals surface area contributed by atoms with E-state index >= 15 is 0 Å². The molecule has 4 aromatic rings. The van der Waals surface area contributed by atoms with Crippen molar-refractivity contribution in [2.45, 2.75) is 38.1 Å². The van der Waals surface area contributed by atoms with Gasteiger partial charge in [0, 0.05) is 29.3 Å². The van der Waals surface area contributed by atoms with Gasteiger partial charge in [-0.25, -0.2) is 4.98 Å². The molecule has 0 amide bonds. The fourth-order valence-corrected chi connectivity index (χ4v) is 5.39. The zero-order valence-corrected chi connectivity index (χ0v) is 17.7. The molecule has 0 saturated carbocycles. The Balaban J connectivity index is 1.26. The van der Waals surface area contributed by atoms with E-state index in [9.17, 15) is 0 Å². The lowest BCUT2D eigenvalue weighted by Crippen LogP contribution is -2.47. The first-order chi connectivity index (χ1) is 15.3. The average molecular weight is 416 g/mol. The lowest BCUT2D eigenvalue weighted by molar-refractivity contribution is 0.273. The minimum atomic E-state index is 0.663. The second-order valence-corrected chi connectivity index (χ2v) is 8.93. The second-order valence-electron chi connectivity index (χ2n) is 8.93. The maximum Gasteiger partial charge on any atom is 0.205 e. The smallest absolute Gasteiger partial charge is 0.205 e. The van der Waals surface area contributed by atoms with E-state index in [1.807, 2.05) is 18.3 Å². The van der Waals surface area contributed by atoms with Crippen molar-refractivity contribution in [2.75, 3.05) is 29.9 Å². The number of hydrogen-bond acceptors (Lipinski definition) is 5. The van der Waals surface area contributed by atoms with Gasteiger partial charge < -0.3 is 20.5 Å². The third-order valence-corrected chi connectivity index (χ3v) is 6.98. The number of aromatic amines is 2. The Labute approximate surface area is 181 Å². The number of nitrogens with one attached hydrogen (secondary N) is 4. The van der Waals surface area contributed by atoms with Crippen molar-refractivity contribution in [1.29, 1.82) is 0 Å². The summed E-state index contributed by atoms with van der Waals surface area (Å²) in [7, 11) is 0. The Hall–Kier alpha value is -3.06. The summed E-state index contributed by atoms with van der Waals surface area (Å²) >= 11 is 0. The number of rotatable bonds is 4. The first kappa shape index (κ1) is 18.7. The molecule has 2 aromatic heterocycles. The Kier molecular flexibility index (Phi) is 4.76. The number of aromatic nitrogens is 4. The van der Waals surface area contributed by atoms with Crippen LogP contribution in [0.5, 0.6) is 0 Å². The van der Waals surface area contributed by atoms with Crippen molar-refractivity contribution in [2.24, 2.45) is 5.92 Å². The number of benzene rings is 2. The molecule has 31 heavy (non-hydrogen) atoms. The lowest BCUT2D eigenvalue weighted by atomic mass is 9.84. The Morgan fingerprint density at radius 1 is 0.968 bits per heavy atom. The molecule has 4 N–H and O–H groups in total. The third-order valence-electron chi connectivity index (χ3n) is 6.98. The van der Waals surface area contributed by atoms with Crippen molar-refractivity contribution < 1.29 is 0 Å². The van der Waals surface area contributed by atoms with Crippen LogP contribution in [0.1, 0.15) is 32.1 Å². The molecule has 0 radical (unpaired) electrons. The molecule has 6 rings (SSSR count). The normalized spacial score (nSPS) is 20.5. The van der Waals surface area contributed by atoms with Crippen LogP contribution in [0.2, 0.25) is 0 Å². The van der Waals surface area contributed by atoms with E-state index in [-0.39, 0.29) is 0 Å². The average Bonchev–Trinajstić information content (AvgIpc) is 3.45. The minimum Gasteiger partial charge on any atom is -0.368 e. The van der Waals surface area contributed by atoms with E-state index in [4.69, 9.17) is 4.98 Å². The monoisotopic (exact) mass is 415 g/mol. The van der Waals surface area contributed by atoms with Gasteiger partial charge in [-0.05, 0) is 87.5 Å². The summed E-state index contributed by atoms with van der Waals surface area (Å²) < 4.78 is 0. The highest BCUT2D eigenvalue weighted by molar-refractivity contribution is 5.85. The van der Waals surface area contributed by atoms with E-state index < -0.39 is 0 Å². The first-order valence-electron chi connectivity index (χ1n) is 11.5. The summed E-state index contributed by atoms with van der Waals surface area (Å²) in [5.41, 5.74) is 5.43. The molecule has 0 bridgehead atoms. The van der Waals surface area contributed by atoms with Crippen LogP contribution in [0.3, 0.4) is 0 Å². The molecule has 160 valence electrons. The predicted octanol–water partition coefficient (Wildman–Crippen LogP) is 4.54. The van der Waals surface area contributed by atoms with Crippen molar-refractivity contribution in [3.05, 3.63) is 42.6 Å². The molecule has 4 heterocycles. The molecule has 2 saturated heterocycles. The second kappa shape index (κ2) is 7.89. The molecule has 2 aromatic carbocycles. The highest BCUT2D eigenvalue weighted by Gasteiger charge is 2.31.